The Hall–Kier alpha value is -1.26. The predicted octanol–water partition coefficient (Wildman–Crippen LogP) is 3.65. The van der Waals surface area contributed by atoms with Gasteiger partial charge in [0.15, 0.2) is 11.5 Å². The number of rotatable bonds is 2. The molecule has 0 aromatic heterocycles. The zero-order valence-corrected chi connectivity index (χ0v) is 14.8. The molecular formula is C21H29NO3. The smallest absolute Gasteiger partial charge is 0.161 e. The fourth-order valence-corrected chi connectivity index (χ4v) is 6.83. The molecule has 6 rings (SSSR count). The van der Waals surface area contributed by atoms with E-state index in [1.165, 1.54) is 44.9 Å². The Bertz CT molecular complexity index is 674. The van der Waals surface area contributed by atoms with Crippen LogP contribution in [0.3, 0.4) is 0 Å². The van der Waals surface area contributed by atoms with Gasteiger partial charge in [-0.25, -0.2) is 0 Å². The lowest BCUT2D eigenvalue weighted by Gasteiger charge is -2.51. The zero-order chi connectivity index (χ0) is 17.2. The monoisotopic (exact) mass is 343 g/mol. The second-order valence-electron chi connectivity index (χ2n) is 9.17. The predicted molar refractivity (Wildman–Crippen MR) is 95.4 cm³/mol. The van der Waals surface area contributed by atoms with Crippen LogP contribution in [0.2, 0.25) is 0 Å². The molecule has 4 aliphatic carbocycles. The zero-order valence-electron chi connectivity index (χ0n) is 14.8. The Morgan fingerprint density at radius 3 is 2.52 bits per heavy atom. The van der Waals surface area contributed by atoms with Crippen molar-refractivity contribution in [3.63, 3.8) is 0 Å². The number of hydrogen-bond donors (Lipinski definition) is 3. The van der Waals surface area contributed by atoms with Crippen LogP contribution in [0.1, 0.15) is 62.2 Å². The van der Waals surface area contributed by atoms with E-state index in [4.69, 9.17) is 10.5 Å². The molecule has 4 fully saturated rings. The van der Waals surface area contributed by atoms with Crippen LogP contribution in [-0.4, -0.2) is 22.9 Å². The van der Waals surface area contributed by atoms with Gasteiger partial charge in [0.25, 0.3) is 0 Å². The molecule has 0 radical (unpaired) electrons. The number of fused-ring (bicyclic) bond motifs is 2. The summed E-state index contributed by atoms with van der Waals surface area (Å²) in [6, 6.07) is 3.42. The third-order valence-electron chi connectivity index (χ3n) is 7.70. The van der Waals surface area contributed by atoms with E-state index in [1.54, 1.807) is 6.07 Å². The molecule has 25 heavy (non-hydrogen) atoms. The third-order valence-corrected chi connectivity index (χ3v) is 7.70. The van der Waals surface area contributed by atoms with E-state index in [0.29, 0.717) is 13.0 Å². The molecule has 1 aliphatic heterocycles. The molecule has 5 aliphatic rings. The van der Waals surface area contributed by atoms with Crippen molar-refractivity contribution in [2.24, 2.45) is 28.9 Å². The van der Waals surface area contributed by atoms with Crippen LogP contribution in [0, 0.1) is 23.2 Å². The molecule has 4 bridgehead atoms. The number of nitrogens with two attached hydrogens (primary N) is 1. The minimum Gasteiger partial charge on any atom is -0.504 e. The van der Waals surface area contributed by atoms with Gasteiger partial charge in [0.1, 0.15) is 0 Å². The van der Waals surface area contributed by atoms with Gasteiger partial charge in [-0.2, -0.15) is 0 Å². The fraction of sp³-hybridized carbons (Fsp3) is 0.714. The van der Waals surface area contributed by atoms with Crippen LogP contribution in [0.5, 0.6) is 11.5 Å². The first kappa shape index (κ1) is 16.0. The van der Waals surface area contributed by atoms with Gasteiger partial charge in [-0.1, -0.05) is 6.07 Å². The van der Waals surface area contributed by atoms with Crippen molar-refractivity contribution < 1.29 is 14.9 Å². The normalized spacial score (nSPS) is 42.2. The van der Waals surface area contributed by atoms with Gasteiger partial charge in [0.2, 0.25) is 0 Å². The molecule has 4 nitrogen and oxygen atoms in total. The summed E-state index contributed by atoms with van der Waals surface area (Å²) in [5, 5.41) is 20.4. The lowest BCUT2D eigenvalue weighted by atomic mass is 9.58. The maximum atomic E-state index is 10.5. The Morgan fingerprint density at radius 2 is 1.80 bits per heavy atom. The molecule has 0 saturated heterocycles. The highest BCUT2D eigenvalue weighted by Gasteiger charge is 2.53. The molecule has 4 N–H and O–H groups in total. The van der Waals surface area contributed by atoms with E-state index in [1.807, 2.05) is 6.07 Å². The summed E-state index contributed by atoms with van der Waals surface area (Å²) in [5.74, 6) is 2.65. The van der Waals surface area contributed by atoms with Crippen molar-refractivity contribution in [2.75, 3.05) is 6.54 Å². The molecular weight excluding hydrogens is 314 g/mol. The topological polar surface area (TPSA) is 75.7 Å². The fourth-order valence-electron chi connectivity index (χ4n) is 6.83. The number of phenolic OH excluding ortho intramolecular Hbond substituents is 2. The van der Waals surface area contributed by atoms with Gasteiger partial charge in [-0.15, -0.1) is 0 Å². The summed E-state index contributed by atoms with van der Waals surface area (Å²) in [5.41, 5.74) is 8.07. The summed E-state index contributed by atoms with van der Waals surface area (Å²) in [4.78, 5) is 0. The van der Waals surface area contributed by atoms with Gasteiger partial charge < -0.3 is 20.7 Å². The Morgan fingerprint density at radius 1 is 1.08 bits per heavy atom. The van der Waals surface area contributed by atoms with Crippen LogP contribution in [0.4, 0.5) is 0 Å². The van der Waals surface area contributed by atoms with Crippen LogP contribution in [-0.2, 0) is 11.2 Å². The number of phenols is 2. The number of benzene rings is 1. The van der Waals surface area contributed by atoms with Crippen molar-refractivity contribution in [2.45, 2.75) is 63.6 Å². The van der Waals surface area contributed by atoms with Crippen LogP contribution in [0.25, 0.3) is 0 Å². The highest BCUT2D eigenvalue weighted by molar-refractivity contribution is 5.51. The largest absolute Gasteiger partial charge is 0.504 e. The van der Waals surface area contributed by atoms with E-state index in [9.17, 15) is 10.2 Å². The van der Waals surface area contributed by atoms with Crippen molar-refractivity contribution in [3.8, 4) is 11.5 Å². The number of aromatic hydroxyl groups is 2. The van der Waals surface area contributed by atoms with Gasteiger partial charge in [-0.05, 0) is 79.7 Å². The van der Waals surface area contributed by atoms with Crippen molar-refractivity contribution in [1.29, 1.82) is 0 Å². The van der Waals surface area contributed by atoms with Gasteiger partial charge in [-0.3, -0.25) is 0 Å². The number of hydrogen-bond acceptors (Lipinski definition) is 4. The molecule has 0 amide bonds. The molecule has 4 saturated carbocycles. The van der Waals surface area contributed by atoms with Crippen molar-refractivity contribution in [1.82, 2.24) is 0 Å². The molecule has 6 atom stereocenters. The lowest BCUT2D eigenvalue weighted by molar-refractivity contribution is -0.121. The van der Waals surface area contributed by atoms with E-state index in [-0.39, 0.29) is 29.1 Å². The maximum Gasteiger partial charge on any atom is 0.161 e. The van der Waals surface area contributed by atoms with Crippen molar-refractivity contribution in [3.05, 3.63) is 23.3 Å². The average Bonchev–Trinajstić information content (AvgIpc) is 2.82. The summed E-state index contributed by atoms with van der Waals surface area (Å²) in [6.45, 7) is 0.416. The Labute approximate surface area is 149 Å². The molecule has 1 aromatic carbocycles. The molecule has 3 unspecified atom stereocenters. The lowest BCUT2D eigenvalue weighted by Crippen LogP contribution is -2.47. The van der Waals surface area contributed by atoms with Gasteiger partial charge >= 0.3 is 0 Å². The summed E-state index contributed by atoms with van der Waals surface area (Å²) in [7, 11) is 0. The average molecular weight is 343 g/mol. The van der Waals surface area contributed by atoms with Gasteiger partial charge in [0.05, 0.1) is 12.2 Å². The second-order valence-corrected chi connectivity index (χ2v) is 9.17. The SMILES string of the molecule is NC[C@@H]1O[C@H](C23CCC4CC(C[C@H](C4)C2)C3)Cc2c1ccc(O)c2O. The minimum absolute atomic E-state index is 0.0303. The number of ether oxygens (including phenoxy) is 1. The van der Waals surface area contributed by atoms with Gasteiger partial charge in [0, 0.05) is 18.5 Å². The van der Waals surface area contributed by atoms with Crippen LogP contribution >= 0.6 is 0 Å². The van der Waals surface area contributed by atoms with Crippen LogP contribution in [0.15, 0.2) is 12.1 Å². The Balaban J connectivity index is 1.53. The Kier molecular flexibility index (Phi) is 3.58. The molecule has 4 heteroatoms. The summed E-state index contributed by atoms with van der Waals surface area (Å²) < 4.78 is 6.58. The quantitative estimate of drug-likeness (QED) is 0.717. The molecule has 136 valence electrons. The first-order valence-corrected chi connectivity index (χ1v) is 9.97. The summed E-state index contributed by atoms with van der Waals surface area (Å²) in [6.07, 6.45) is 10.0. The molecule has 1 heterocycles. The van der Waals surface area contributed by atoms with Crippen LogP contribution < -0.4 is 5.73 Å². The highest BCUT2D eigenvalue weighted by Crippen LogP contribution is 2.60. The van der Waals surface area contributed by atoms with E-state index in [0.717, 1.165) is 28.9 Å². The first-order valence-electron chi connectivity index (χ1n) is 9.97. The van der Waals surface area contributed by atoms with Crippen molar-refractivity contribution >= 4 is 0 Å². The standard InChI is InChI=1S/C21H29NO3/c22-11-18-15-1-2-17(23)20(24)16(15)8-19(25-18)21-4-3-12-5-13(9-21)7-14(6-12)10-21/h1-2,12-14,18-19,23-24H,3-11,22H2/t12?,13-,14?,18-,19-,21?/m0/s1. The first-order chi connectivity index (χ1) is 12.1. The highest BCUT2D eigenvalue weighted by atomic mass is 16.5. The third kappa shape index (κ3) is 2.41. The second kappa shape index (κ2) is 5.62. The maximum absolute atomic E-state index is 10.5. The molecule has 0 spiro atoms. The minimum atomic E-state index is -0.173. The van der Waals surface area contributed by atoms with E-state index in [2.05, 4.69) is 0 Å². The summed E-state index contributed by atoms with van der Waals surface area (Å²) >= 11 is 0. The molecule has 1 aromatic rings. The van der Waals surface area contributed by atoms with E-state index < -0.39 is 0 Å². The van der Waals surface area contributed by atoms with E-state index >= 15 is 0 Å².